The van der Waals surface area contributed by atoms with Crippen LogP contribution in [0.4, 0.5) is 0 Å². The summed E-state index contributed by atoms with van der Waals surface area (Å²) in [4.78, 5) is 0. The molecule has 0 aliphatic carbocycles. The van der Waals surface area contributed by atoms with Crippen molar-refractivity contribution >= 4 is 11.8 Å². The molecule has 2 unspecified atom stereocenters. The molecule has 1 heterocycles. The van der Waals surface area contributed by atoms with Gasteiger partial charge in [-0.05, 0) is 29.3 Å². The molecule has 88 valence electrons. The molecule has 2 atom stereocenters. The van der Waals surface area contributed by atoms with Crippen LogP contribution in [-0.2, 0) is 11.3 Å². The number of hydrogen-bond donors (Lipinski definition) is 1. The molecule has 1 N–H and O–H groups in total. The van der Waals surface area contributed by atoms with Crippen molar-refractivity contribution in [3.63, 3.8) is 0 Å². The zero-order valence-electron chi connectivity index (χ0n) is 9.90. The zero-order chi connectivity index (χ0) is 11.4. The molecule has 16 heavy (non-hydrogen) atoms. The first kappa shape index (κ1) is 12.0. The number of ether oxygens (including phenoxy) is 1. The molecular weight excluding hydrogens is 218 g/mol. The molecule has 1 saturated heterocycles. The van der Waals surface area contributed by atoms with Gasteiger partial charge in [0.05, 0.1) is 12.0 Å². The van der Waals surface area contributed by atoms with E-state index in [0.717, 1.165) is 12.5 Å². The molecule has 0 aromatic heterocycles. The van der Waals surface area contributed by atoms with Crippen molar-refractivity contribution in [2.24, 2.45) is 5.92 Å². The van der Waals surface area contributed by atoms with Crippen molar-refractivity contribution in [2.75, 3.05) is 19.4 Å². The highest BCUT2D eigenvalue weighted by Gasteiger charge is 2.18. The lowest BCUT2D eigenvalue weighted by atomic mass is 10.1. The van der Waals surface area contributed by atoms with E-state index >= 15 is 0 Å². The van der Waals surface area contributed by atoms with Gasteiger partial charge in [0, 0.05) is 7.11 Å². The lowest BCUT2D eigenvalue weighted by Crippen LogP contribution is -2.31. The van der Waals surface area contributed by atoms with Crippen LogP contribution in [0.15, 0.2) is 24.3 Å². The van der Waals surface area contributed by atoms with Crippen molar-refractivity contribution in [1.82, 2.24) is 5.32 Å². The van der Waals surface area contributed by atoms with Gasteiger partial charge in [-0.25, -0.2) is 0 Å². The minimum atomic E-state index is 0.466. The molecule has 1 fully saturated rings. The van der Waals surface area contributed by atoms with E-state index in [2.05, 4.69) is 36.5 Å². The average molecular weight is 237 g/mol. The predicted molar refractivity (Wildman–Crippen MR) is 69.5 cm³/mol. The van der Waals surface area contributed by atoms with Gasteiger partial charge in [-0.15, -0.1) is 11.8 Å². The molecule has 2 nitrogen and oxygen atoms in total. The fraction of sp³-hybridized carbons (Fsp3) is 0.538. The summed E-state index contributed by atoms with van der Waals surface area (Å²) >= 11 is 2.00. The Hall–Kier alpha value is -0.510. The molecular formula is C13H19NOS. The average Bonchev–Trinajstić information content (AvgIpc) is 2.32. The Morgan fingerprint density at radius 2 is 2.12 bits per heavy atom. The first-order chi connectivity index (χ1) is 7.79. The highest BCUT2D eigenvalue weighted by molar-refractivity contribution is 7.99. The molecule has 2 rings (SSSR count). The molecule has 0 saturated carbocycles. The Morgan fingerprint density at radius 3 is 2.69 bits per heavy atom. The second kappa shape index (κ2) is 5.71. The van der Waals surface area contributed by atoms with Crippen LogP contribution in [-0.4, -0.2) is 19.4 Å². The maximum atomic E-state index is 5.11. The van der Waals surface area contributed by atoms with Crippen LogP contribution in [0.2, 0.25) is 0 Å². The van der Waals surface area contributed by atoms with E-state index in [9.17, 15) is 0 Å². The Morgan fingerprint density at radius 1 is 1.38 bits per heavy atom. The smallest absolute Gasteiger partial charge is 0.0789 e. The van der Waals surface area contributed by atoms with E-state index in [0.29, 0.717) is 12.0 Å². The van der Waals surface area contributed by atoms with Crippen LogP contribution < -0.4 is 5.32 Å². The Labute approximate surface area is 102 Å². The monoisotopic (exact) mass is 237 g/mol. The van der Waals surface area contributed by atoms with Crippen LogP contribution in [0.25, 0.3) is 0 Å². The number of rotatable bonds is 3. The Kier molecular flexibility index (Phi) is 4.27. The number of nitrogens with one attached hydrogen (secondary N) is 1. The van der Waals surface area contributed by atoms with Crippen LogP contribution in [0, 0.1) is 5.92 Å². The summed E-state index contributed by atoms with van der Waals surface area (Å²) in [6, 6.07) is 8.71. The molecule has 0 radical (unpaired) electrons. The van der Waals surface area contributed by atoms with Crippen molar-refractivity contribution in [2.45, 2.75) is 18.9 Å². The van der Waals surface area contributed by atoms with E-state index in [1.54, 1.807) is 7.11 Å². The third kappa shape index (κ3) is 3.00. The van der Waals surface area contributed by atoms with E-state index in [1.807, 2.05) is 11.8 Å². The quantitative estimate of drug-likeness (QED) is 0.873. The topological polar surface area (TPSA) is 21.3 Å². The van der Waals surface area contributed by atoms with Crippen LogP contribution in [0.1, 0.15) is 23.4 Å². The van der Waals surface area contributed by atoms with E-state index < -0.39 is 0 Å². The highest BCUT2D eigenvalue weighted by Crippen LogP contribution is 2.31. The minimum absolute atomic E-state index is 0.466. The van der Waals surface area contributed by atoms with Crippen molar-refractivity contribution in [1.29, 1.82) is 0 Å². The molecule has 1 aliphatic rings. The highest BCUT2D eigenvalue weighted by atomic mass is 32.2. The van der Waals surface area contributed by atoms with Crippen LogP contribution >= 0.6 is 11.8 Å². The maximum Gasteiger partial charge on any atom is 0.0789 e. The molecule has 0 spiro atoms. The first-order valence-electron chi connectivity index (χ1n) is 5.72. The predicted octanol–water partition coefficient (Wildman–Crippen LogP) is 2.80. The standard InChI is InChI=1S/C13H19NOS/c1-10-7-14-13(16-9-10)12-5-3-11(4-6-12)8-15-2/h3-6,10,13-14H,7-9H2,1-2H3. The summed E-state index contributed by atoms with van der Waals surface area (Å²) in [5.74, 6) is 2.03. The summed E-state index contributed by atoms with van der Waals surface area (Å²) < 4.78 is 5.11. The van der Waals surface area contributed by atoms with Gasteiger partial charge in [-0.2, -0.15) is 0 Å². The maximum absolute atomic E-state index is 5.11. The SMILES string of the molecule is COCc1ccc(C2NCC(C)CS2)cc1. The summed E-state index contributed by atoms with van der Waals surface area (Å²) in [6.07, 6.45) is 0. The third-order valence-corrected chi connectivity index (χ3v) is 4.33. The summed E-state index contributed by atoms with van der Waals surface area (Å²) in [5.41, 5.74) is 2.61. The second-order valence-corrected chi connectivity index (χ2v) is 5.54. The molecule has 1 aliphatic heterocycles. The van der Waals surface area contributed by atoms with Gasteiger partial charge in [0.25, 0.3) is 0 Å². The Balaban J connectivity index is 1.98. The number of thioether (sulfide) groups is 1. The molecule has 3 heteroatoms. The van der Waals surface area contributed by atoms with Gasteiger partial charge in [0.2, 0.25) is 0 Å². The van der Waals surface area contributed by atoms with E-state index in [1.165, 1.54) is 16.9 Å². The number of methoxy groups -OCH3 is 1. The lowest BCUT2D eigenvalue weighted by molar-refractivity contribution is 0.185. The van der Waals surface area contributed by atoms with Crippen molar-refractivity contribution in [3.8, 4) is 0 Å². The Bertz CT molecular complexity index is 317. The summed E-state index contributed by atoms with van der Waals surface area (Å²) in [6.45, 7) is 4.11. The molecule has 0 amide bonds. The largest absolute Gasteiger partial charge is 0.380 e. The first-order valence-corrected chi connectivity index (χ1v) is 6.77. The van der Waals surface area contributed by atoms with Crippen molar-refractivity contribution < 1.29 is 4.74 Å². The van der Waals surface area contributed by atoms with Gasteiger partial charge < -0.3 is 10.1 Å². The third-order valence-electron chi connectivity index (χ3n) is 2.79. The fourth-order valence-electron chi connectivity index (χ4n) is 1.86. The van der Waals surface area contributed by atoms with Gasteiger partial charge in [0.15, 0.2) is 0 Å². The second-order valence-electron chi connectivity index (χ2n) is 4.40. The van der Waals surface area contributed by atoms with Gasteiger partial charge in [-0.1, -0.05) is 31.2 Å². The van der Waals surface area contributed by atoms with Crippen molar-refractivity contribution in [3.05, 3.63) is 35.4 Å². The van der Waals surface area contributed by atoms with Gasteiger partial charge in [-0.3, -0.25) is 0 Å². The van der Waals surface area contributed by atoms with Crippen LogP contribution in [0.5, 0.6) is 0 Å². The minimum Gasteiger partial charge on any atom is -0.380 e. The number of benzene rings is 1. The normalized spacial score (nSPS) is 25.6. The lowest BCUT2D eigenvalue weighted by Gasteiger charge is -2.27. The number of hydrogen-bond acceptors (Lipinski definition) is 3. The summed E-state index contributed by atoms with van der Waals surface area (Å²) in [5, 5.41) is 4.03. The van der Waals surface area contributed by atoms with E-state index in [4.69, 9.17) is 4.74 Å². The summed E-state index contributed by atoms with van der Waals surface area (Å²) in [7, 11) is 1.73. The van der Waals surface area contributed by atoms with Crippen LogP contribution in [0.3, 0.4) is 0 Å². The molecule has 0 bridgehead atoms. The fourth-order valence-corrected chi connectivity index (χ4v) is 3.06. The van der Waals surface area contributed by atoms with Gasteiger partial charge >= 0.3 is 0 Å². The molecule has 1 aromatic rings. The van der Waals surface area contributed by atoms with E-state index in [-0.39, 0.29) is 0 Å². The van der Waals surface area contributed by atoms with Gasteiger partial charge in [0.1, 0.15) is 0 Å². The zero-order valence-corrected chi connectivity index (χ0v) is 10.7. The molecule has 1 aromatic carbocycles.